The minimum atomic E-state index is -0.110. The molecule has 0 fully saturated rings. The Labute approximate surface area is 328 Å². The molecule has 0 unspecified atom stereocenters. The maximum Gasteiger partial charge on any atom is 0.0561 e. The predicted molar refractivity (Wildman–Crippen MR) is 236 cm³/mol. The van der Waals surface area contributed by atoms with E-state index in [1.54, 1.807) is 0 Å². The van der Waals surface area contributed by atoms with Crippen molar-refractivity contribution in [2.45, 2.75) is 38.5 Å². The lowest BCUT2D eigenvalue weighted by atomic mass is 9.82. The van der Waals surface area contributed by atoms with Crippen molar-refractivity contribution in [3.63, 3.8) is 0 Å². The molecule has 0 atom stereocenters. The summed E-state index contributed by atoms with van der Waals surface area (Å²) in [4.78, 5) is 2.44. The maximum atomic E-state index is 2.48. The van der Waals surface area contributed by atoms with Gasteiger partial charge >= 0.3 is 0 Å². The number of fused-ring (bicyclic) bond motifs is 9. The molecule has 0 aliphatic heterocycles. The van der Waals surface area contributed by atoms with Gasteiger partial charge in [-0.3, -0.25) is 0 Å². The lowest BCUT2D eigenvalue weighted by Crippen LogP contribution is -2.16. The second-order valence-electron chi connectivity index (χ2n) is 16.6. The van der Waals surface area contributed by atoms with Gasteiger partial charge in [0.25, 0.3) is 0 Å². The van der Waals surface area contributed by atoms with Crippen LogP contribution in [0.2, 0.25) is 0 Å². The molecule has 1 heterocycles. The first-order chi connectivity index (χ1) is 27.3. The molecule has 11 rings (SSSR count). The Morgan fingerprint density at radius 3 is 1.55 bits per heavy atom. The van der Waals surface area contributed by atoms with Gasteiger partial charge in [-0.15, -0.1) is 0 Å². The van der Waals surface area contributed by atoms with Crippen LogP contribution < -0.4 is 4.90 Å². The number of para-hydroxylation sites is 1. The van der Waals surface area contributed by atoms with Gasteiger partial charge in [-0.1, -0.05) is 149 Å². The van der Waals surface area contributed by atoms with Gasteiger partial charge in [0.1, 0.15) is 0 Å². The van der Waals surface area contributed by atoms with Crippen molar-refractivity contribution < 1.29 is 0 Å². The third-order valence-electron chi connectivity index (χ3n) is 12.8. The molecule has 0 spiro atoms. The van der Waals surface area contributed by atoms with Crippen molar-refractivity contribution in [2.75, 3.05) is 4.90 Å². The van der Waals surface area contributed by atoms with Crippen molar-refractivity contribution >= 4 is 38.9 Å². The van der Waals surface area contributed by atoms with E-state index in [1.165, 1.54) is 77.4 Å². The molecule has 56 heavy (non-hydrogen) atoms. The van der Waals surface area contributed by atoms with E-state index < -0.39 is 0 Å². The molecule has 0 amide bonds. The summed E-state index contributed by atoms with van der Waals surface area (Å²) < 4.78 is 2.47. The highest BCUT2D eigenvalue weighted by Crippen LogP contribution is 2.53. The van der Waals surface area contributed by atoms with Gasteiger partial charge in [-0.25, -0.2) is 0 Å². The summed E-state index contributed by atoms with van der Waals surface area (Å²) >= 11 is 0. The Kier molecular flexibility index (Phi) is 6.98. The molecular weight excluding hydrogens is 677 g/mol. The molecule has 0 saturated carbocycles. The number of nitrogens with zero attached hydrogens (tertiary/aromatic N) is 2. The minimum Gasteiger partial charge on any atom is -0.310 e. The predicted octanol–water partition coefficient (Wildman–Crippen LogP) is 14.5. The smallest absolute Gasteiger partial charge is 0.0561 e. The van der Waals surface area contributed by atoms with Crippen LogP contribution in [0.25, 0.3) is 60.9 Å². The maximum absolute atomic E-state index is 2.48. The van der Waals surface area contributed by atoms with Crippen molar-refractivity contribution in [1.82, 2.24) is 4.57 Å². The van der Waals surface area contributed by atoms with E-state index in [9.17, 15) is 0 Å². The van der Waals surface area contributed by atoms with Gasteiger partial charge < -0.3 is 9.47 Å². The van der Waals surface area contributed by atoms with E-state index in [0.717, 1.165) is 22.7 Å². The van der Waals surface area contributed by atoms with E-state index in [2.05, 4.69) is 219 Å². The van der Waals surface area contributed by atoms with Crippen molar-refractivity contribution in [3.05, 3.63) is 204 Å². The molecule has 268 valence electrons. The average molecular weight is 719 g/mol. The van der Waals surface area contributed by atoms with Gasteiger partial charge in [0.05, 0.1) is 11.0 Å². The summed E-state index contributed by atoms with van der Waals surface area (Å²) in [6.45, 7) is 9.47. The highest BCUT2D eigenvalue weighted by atomic mass is 15.1. The Morgan fingerprint density at radius 2 is 0.857 bits per heavy atom. The van der Waals surface area contributed by atoms with Crippen LogP contribution in [0, 0.1) is 0 Å². The van der Waals surface area contributed by atoms with Crippen molar-refractivity contribution in [3.8, 4) is 39.1 Å². The third-order valence-corrected chi connectivity index (χ3v) is 12.8. The fraction of sp³-hybridized carbons (Fsp3) is 0.111. The first-order valence-electron chi connectivity index (χ1n) is 19.8. The topological polar surface area (TPSA) is 8.17 Å². The van der Waals surface area contributed by atoms with Crippen LogP contribution in [0.3, 0.4) is 0 Å². The highest BCUT2D eigenvalue weighted by Gasteiger charge is 2.37. The van der Waals surface area contributed by atoms with Gasteiger partial charge in [0, 0.05) is 44.4 Å². The average Bonchev–Trinajstić information content (AvgIpc) is 3.77. The summed E-state index contributed by atoms with van der Waals surface area (Å²) in [5.74, 6) is 0. The van der Waals surface area contributed by atoms with Crippen LogP contribution in [0.4, 0.5) is 17.1 Å². The monoisotopic (exact) mass is 718 g/mol. The fourth-order valence-corrected chi connectivity index (χ4v) is 9.91. The molecule has 0 radical (unpaired) electrons. The molecule has 0 bridgehead atoms. The van der Waals surface area contributed by atoms with Crippen molar-refractivity contribution in [2.24, 2.45) is 0 Å². The second kappa shape index (κ2) is 11.9. The number of rotatable bonds is 5. The summed E-state index contributed by atoms with van der Waals surface area (Å²) in [6.07, 6.45) is 0. The van der Waals surface area contributed by atoms with Crippen LogP contribution >= 0.6 is 0 Å². The second-order valence-corrected chi connectivity index (χ2v) is 16.6. The first-order valence-corrected chi connectivity index (χ1v) is 19.8. The zero-order chi connectivity index (χ0) is 37.8. The number of hydrogen-bond donors (Lipinski definition) is 0. The molecule has 0 N–H and O–H groups in total. The molecule has 9 aromatic rings. The molecule has 2 aliphatic carbocycles. The molecule has 2 heteroatoms. The molecule has 2 aliphatic rings. The lowest BCUT2D eigenvalue weighted by molar-refractivity contribution is 0.660. The van der Waals surface area contributed by atoms with Gasteiger partial charge in [-0.05, 0) is 116 Å². The fourth-order valence-electron chi connectivity index (χ4n) is 9.91. The molecular formula is C54H42N2. The Balaban J connectivity index is 1.15. The number of benzene rings is 8. The number of anilines is 3. The first kappa shape index (κ1) is 32.8. The van der Waals surface area contributed by atoms with E-state index in [1.807, 2.05) is 0 Å². The largest absolute Gasteiger partial charge is 0.310 e. The Hall–Kier alpha value is -6.64. The van der Waals surface area contributed by atoms with E-state index in [4.69, 9.17) is 0 Å². The molecule has 8 aromatic carbocycles. The summed E-state index contributed by atoms with van der Waals surface area (Å²) in [7, 11) is 0. The molecule has 1 aromatic heterocycles. The van der Waals surface area contributed by atoms with Crippen LogP contribution in [-0.2, 0) is 10.8 Å². The van der Waals surface area contributed by atoms with Crippen LogP contribution in [0.5, 0.6) is 0 Å². The van der Waals surface area contributed by atoms with Gasteiger partial charge in [0.15, 0.2) is 0 Å². The van der Waals surface area contributed by atoms with Gasteiger partial charge in [-0.2, -0.15) is 0 Å². The summed E-state index contributed by atoms with van der Waals surface area (Å²) in [5.41, 5.74) is 20.1. The summed E-state index contributed by atoms with van der Waals surface area (Å²) in [5, 5.41) is 2.54. The standard InChI is InChI=1S/C54H42N2/c1-53(2)47-21-13-11-19-41(47)43-29-27-39(31-49(43)53)55(38-25-23-36(24-26-38)35-15-7-5-8-16-35)40-28-30-44-46-33-50-45(42-20-12-14-22-48(42)54(50,3)4)34-52(46)56(51(44)32-40)37-17-9-6-10-18-37/h5-34H,1-4H3. The normalized spacial score (nSPS) is 14.4. The highest BCUT2D eigenvalue weighted by molar-refractivity contribution is 6.12. The Bertz CT molecular complexity index is 3000. The van der Waals surface area contributed by atoms with E-state index >= 15 is 0 Å². The van der Waals surface area contributed by atoms with Gasteiger partial charge in [0.2, 0.25) is 0 Å². The zero-order valence-corrected chi connectivity index (χ0v) is 32.2. The lowest BCUT2D eigenvalue weighted by Gasteiger charge is -2.28. The minimum absolute atomic E-state index is 0.0784. The summed E-state index contributed by atoms with van der Waals surface area (Å²) in [6, 6.07) is 67.5. The number of aromatic nitrogens is 1. The molecule has 0 saturated heterocycles. The van der Waals surface area contributed by atoms with Crippen LogP contribution in [0.1, 0.15) is 49.9 Å². The van der Waals surface area contributed by atoms with Crippen LogP contribution in [0.15, 0.2) is 182 Å². The Morgan fingerprint density at radius 1 is 0.357 bits per heavy atom. The van der Waals surface area contributed by atoms with Crippen molar-refractivity contribution in [1.29, 1.82) is 0 Å². The third kappa shape index (κ3) is 4.69. The van der Waals surface area contributed by atoms with E-state index in [-0.39, 0.29) is 10.8 Å². The zero-order valence-electron chi connectivity index (χ0n) is 32.2. The van der Waals surface area contributed by atoms with E-state index in [0.29, 0.717) is 0 Å². The molecule has 2 nitrogen and oxygen atoms in total. The SMILES string of the molecule is CC1(C)c2ccccc2-c2ccc(N(c3ccc(-c4ccccc4)cc3)c3ccc4c5cc6c(cc5n(-c5ccccc5)c4c3)-c3ccccc3C6(C)C)cc21. The quantitative estimate of drug-likeness (QED) is 0.172. The van der Waals surface area contributed by atoms with Crippen LogP contribution in [-0.4, -0.2) is 4.57 Å². The number of hydrogen-bond acceptors (Lipinski definition) is 1.